The second-order valence-electron chi connectivity index (χ2n) is 7.17. The van der Waals surface area contributed by atoms with Gasteiger partial charge in [-0.05, 0) is 12.8 Å². The van der Waals surface area contributed by atoms with Crippen LogP contribution in [0.5, 0.6) is 0 Å². The van der Waals surface area contributed by atoms with Crippen molar-refractivity contribution in [1.82, 2.24) is 15.2 Å². The molecule has 22 heavy (non-hydrogen) atoms. The predicted molar refractivity (Wildman–Crippen MR) is 89.0 cm³/mol. The van der Waals surface area contributed by atoms with Crippen molar-refractivity contribution in [3.8, 4) is 0 Å². The fraction of sp³-hybridized carbons (Fsp3) is 0.750. The summed E-state index contributed by atoms with van der Waals surface area (Å²) < 4.78 is 0. The number of aliphatic hydroxyl groups excluding tert-OH is 1. The summed E-state index contributed by atoms with van der Waals surface area (Å²) in [6, 6.07) is -0.105. The molecule has 1 aliphatic rings. The standard InChI is InChI=1S/C16H27N3O2S/c1-16(2,3)13-10-22-14(18-13)8-17-15(21)19(4)9-11-6-5-7-12(11)20/h10-12,20H,5-9H2,1-4H3,(H,17,21). The van der Waals surface area contributed by atoms with E-state index in [0.717, 1.165) is 30.0 Å². The minimum absolute atomic E-state index is 0.0359. The molecule has 2 rings (SSSR count). The van der Waals surface area contributed by atoms with Crippen LogP contribution >= 0.6 is 11.3 Å². The summed E-state index contributed by atoms with van der Waals surface area (Å²) in [5.41, 5.74) is 1.10. The largest absolute Gasteiger partial charge is 0.393 e. The predicted octanol–water partition coefficient (Wildman–Crippen LogP) is 2.74. The zero-order valence-electron chi connectivity index (χ0n) is 13.9. The van der Waals surface area contributed by atoms with Crippen LogP contribution in [-0.4, -0.2) is 40.7 Å². The highest BCUT2D eigenvalue weighted by Gasteiger charge is 2.27. The molecule has 0 bridgehead atoms. The Bertz CT molecular complexity index is 510. The number of hydrogen-bond acceptors (Lipinski definition) is 4. The van der Waals surface area contributed by atoms with Crippen molar-refractivity contribution in [2.45, 2.75) is 58.1 Å². The van der Waals surface area contributed by atoms with Crippen LogP contribution in [0.15, 0.2) is 5.38 Å². The average molecular weight is 325 g/mol. The minimum atomic E-state index is -0.261. The number of urea groups is 1. The number of hydrogen-bond donors (Lipinski definition) is 2. The number of carbonyl (C=O) groups excluding carboxylic acids is 1. The van der Waals surface area contributed by atoms with Gasteiger partial charge in [0.15, 0.2) is 0 Å². The molecule has 0 spiro atoms. The molecule has 2 amide bonds. The van der Waals surface area contributed by atoms with E-state index in [-0.39, 0.29) is 23.5 Å². The molecular formula is C16H27N3O2S. The third-order valence-electron chi connectivity index (χ3n) is 4.19. The Morgan fingerprint density at radius 1 is 1.50 bits per heavy atom. The van der Waals surface area contributed by atoms with Crippen molar-refractivity contribution >= 4 is 17.4 Å². The zero-order valence-corrected chi connectivity index (χ0v) is 14.7. The maximum Gasteiger partial charge on any atom is 0.317 e. The van der Waals surface area contributed by atoms with Crippen LogP contribution in [0.4, 0.5) is 4.79 Å². The molecule has 1 saturated carbocycles. The molecule has 2 atom stereocenters. The summed E-state index contributed by atoms with van der Waals surface area (Å²) in [7, 11) is 1.78. The minimum Gasteiger partial charge on any atom is -0.393 e. The smallest absolute Gasteiger partial charge is 0.317 e. The quantitative estimate of drug-likeness (QED) is 0.894. The molecule has 1 aromatic heterocycles. The van der Waals surface area contributed by atoms with E-state index in [2.05, 4.69) is 36.5 Å². The SMILES string of the molecule is CN(CC1CCCC1O)C(=O)NCc1nc(C(C)(C)C)cs1. The second kappa shape index (κ2) is 6.96. The molecule has 0 aliphatic heterocycles. The van der Waals surface area contributed by atoms with Gasteiger partial charge in [0.2, 0.25) is 0 Å². The number of thiazole rings is 1. The zero-order chi connectivity index (χ0) is 16.3. The molecule has 2 N–H and O–H groups in total. The summed E-state index contributed by atoms with van der Waals surface area (Å²) >= 11 is 1.58. The fourth-order valence-corrected chi connectivity index (χ4v) is 3.65. The van der Waals surface area contributed by atoms with Crippen LogP contribution in [-0.2, 0) is 12.0 Å². The van der Waals surface area contributed by atoms with Crippen LogP contribution in [0.3, 0.4) is 0 Å². The molecule has 5 nitrogen and oxygen atoms in total. The highest BCUT2D eigenvalue weighted by atomic mass is 32.1. The van der Waals surface area contributed by atoms with Crippen molar-refractivity contribution in [1.29, 1.82) is 0 Å². The van der Waals surface area contributed by atoms with Gasteiger partial charge in [-0.2, -0.15) is 0 Å². The third kappa shape index (κ3) is 4.43. The normalized spacial score (nSPS) is 21.9. The summed E-state index contributed by atoms with van der Waals surface area (Å²) in [5.74, 6) is 0.211. The summed E-state index contributed by atoms with van der Waals surface area (Å²) in [4.78, 5) is 18.4. The van der Waals surface area contributed by atoms with Gasteiger partial charge >= 0.3 is 6.03 Å². The number of nitrogens with one attached hydrogen (secondary N) is 1. The summed E-state index contributed by atoms with van der Waals surface area (Å²) in [5, 5.41) is 15.7. The first-order valence-electron chi connectivity index (χ1n) is 7.89. The van der Waals surface area contributed by atoms with E-state index in [1.165, 1.54) is 0 Å². The molecular weight excluding hydrogens is 298 g/mol. The molecule has 1 aromatic rings. The van der Waals surface area contributed by atoms with Crippen LogP contribution < -0.4 is 5.32 Å². The van der Waals surface area contributed by atoms with Crippen LogP contribution in [0.2, 0.25) is 0 Å². The Morgan fingerprint density at radius 3 is 2.77 bits per heavy atom. The maximum absolute atomic E-state index is 12.1. The van der Waals surface area contributed by atoms with Crippen molar-refractivity contribution in [2.75, 3.05) is 13.6 Å². The van der Waals surface area contributed by atoms with E-state index in [0.29, 0.717) is 13.1 Å². The Kier molecular flexibility index (Phi) is 5.45. The lowest BCUT2D eigenvalue weighted by Crippen LogP contribution is -2.40. The lowest BCUT2D eigenvalue weighted by atomic mass is 9.93. The summed E-state index contributed by atoms with van der Waals surface area (Å²) in [6.45, 7) is 7.45. The molecule has 124 valence electrons. The molecule has 6 heteroatoms. The highest BCUT2D eigenvalue weighted by Crippen LogP contribution is 2.26. The van der Waals surface area contributed by atoms with Gasteiger partial charge in [-0.25, -0.2) is 9.78 Å². The van der Waals surface area contributed by atoms with E-state index in [9.17, 15) is 9.90 Å². The van der Waals surface area contributed by atoms with Crippen molar-refractivity contribution in [3.05, 3.63) is 16.1 Å². The Balaban J connectivity index is 1.80. The van der Waals surface area contributed by atoms with Gasteiger partial charge in [0, 0.05) is 30.3 Å². The first kappa shape index (κ1) is 17.2. The Labute approximate surface area is 136 Å². The molecule has 1 fully saturated rings. The number of carbonyl (C=O) groups is 1. The lowest BCUT2D eigenvalue weighted by Gasteiger charge is -2.23. The van der Waals surface area contributed by atoms with E-state index < -0.39 is 0 Å². The van der Waals surface area contributed by atoms with Crippen LogP contribution in [0.25, 0.3) is 0 Å². The number of amides is 2. The Morgan fingerprint density at radius 2 is 2.23 bits per heavy atom. The Hall–Kier alpha value is -1.14. The van der Waals surface area contributed by atoms with E-state index in [4.69, 9.17) is 0 Å². The van der Waals surface area contributed by atoms with Gasteiger partial charge in [-0.3, -0.25) is 0 Å². The molecule has 1 aliphatic carbocycles. The monoisotopic (exact) mass is 325 g/mol. The fourth-order valence-electron chi connectivity index (χ4n) is 2.69. The second-order valence-corrected chi connectivity index (χ2v) is 8.12. The molecule has 0 saturated heterocycles. The van der Waals surface area contributed by atoms with Crippen LogP contribution in [0.1, 0.15) is 50.7 Å². The van der Waals surface area contributed by atoms with E-state index >= 15 is 0 Å². The first-order chi connectivity index (χ1) is 10.3. The number of rotatable bonds is 4. The topological polar surface area (TPSA) is 65.5 Å². The average Bonchev–Trinajstić information content (AvgIpc) is 3.05. The number of nitrogens with zero attached hydrogens (tertiary/aromatic N) is 2. The maximum atomic E-state index is 12.1. The number of aliphatic hydroxyl groups is 1. The molecule has 0 radical (unpaired) electrons. The van der Waals surface area contributed by atoms with Gasteiger partial charge in [0.25, 0.3) is 0 Å². The highest BCUT2D eigenvalue weighted by molar-refractivity contribution is 7.09. The van der Waals surface area contributed by atoms with Crippen LogP contribution in [0, 0.1) is 5.92 Å². The van der Waals surface area contributed by atoms with Gasteiger partial charge in [0.05, 0.1) is 18.3 Å². The molecule has 2 unspecified atom stereocenters. The lowest BCUT2D eigenvalue weighted by molar-refractivity contribution is 0.114. The van der Waals surface area contributed by atoms with Gasteiger partial charge in [-0.15, -0.1) is 11.3 Å². The van der Waals surface area contributed by atoms with Gasteiger partial charge < -0.3 is 15.3 Å². The number of aromatic nitrogens is 1. The molecule has 1 heterocycles. The molecule has 0 aromatic carbocycles. The first-order valence-corrected chi connectivity index (χ1v) is 8.77. The van der Waals surface area contributed by atoms with Gasteiger partial charge in [0.1, 0.15) is 5.01 Å². The van der Waals surface area contributed by atoms with Crippen molar-refractivity contribution in [2.24, 2.45) is 5.92 Å². The van der Waals surface area contributed by atoms with Crippen molar-refractivity contribution < 1.29 is 9.90 Å². The van der Waals surface area contributed by atoms with Gasteiger partial charge in [-0.1, -0.05) is 27.2 Å². The third-order valence-corrected chi connectivity index (χ3v) is 5.03. The van der Waals surface area contributed by atoms with E-state index in [1.54, 1.807) is 23.3 Å². The van der Waals surface area contributed by atoms with Crippen molar-refractivity contribution in [3.63, 3.8) is 0 Å². The van der Waals surface area contributed by atoms with E-state index in [1.807, 2.05) is 0 Å². The summed E-state index contributed by atoms with van der Waals surface area (Å²) in [6.07, 6.45) is 2.65.